The maximum absolute atomic E-state index is 12.4. The molecule has 0 radical (unpaired) electrons. The van der Waals surface area contributed by atoms with E-state index in [9.17, 15) is 14.4 Å². The second-order valence-corrected chi connectivity index (χ2v) is 7.80. The summed E-state index contributed by atoms with van der Waals surface area (Å²) in [4.78, 5) is 41.6. The molecule has 0 aromatic rings. The Morgan fingerprint density at radius 1 is 1.04 bits per heavy atom. The molecule has 7 heteroatoms. The SMILES string of the molecule is CC(C)(C)NC(=O)N1CCC(N2CC(=O)N(C3CC3)C2=O)CC1. The monoisotopic (exact) mass is 322 g/mol. The van der Waals surface area contributed by atoms with Gasteiger partial charge in [0.05, 0.1) is 0 Å². The summed E-state index contributed by atoms with van der Waals surface area (Å²) in [6.07, 6.45) is 3.34. The van der Waals surface area contributed by atoms with Gasteiger partial charge in [0, 0.05) is 30.7 Å². The summed E-state index contributed by atoms with van der Waals surface area (Å²) in [7, 11) is 0. The fraction of sp³-hybridized carbons (Fsp3) is 0.812. The standard InChI is InChI=1S/C16H26N4O3/c1-16(2,3)17-14(22)18-8-6-11(7-9-18)19-10-13(21)20(15(19)23)12-4-5-12/h11-12H,4-10H2,1-3H3,(H,17,22). The van der Waals surface area contributed by atoms with Crippen molar-refractivity contribution in [1.82, 2.24) is 20.0 Å². The topological polar surface area (TPSA) is 73.0 Å². The van der Waals surface area contributed by atoms with E-state index < -0.39 is 0 Å². The van der Waals surface area contributed by atoms with Gasteiger partial charge in [-0.25, -0.2) is 9.59 Å². The van der Waals surface area contributed by atoms with Gasteiger partial charge in [-0.05, 0) is 46.5 Å². The number of rotatable bonds is 2. The van der Waals surface area contributed by atoms with Crippen molar-refractivity contribution in [3.05, 3.63) is 0 Å². The van der Waals surface area contributed by atoms with Gasteiger partial charge in [0.1, 0.15) is 6.54 Å². The molecule has 2 saturated heterocycles. The van der Waals surface area contributed by atoms with E-state index in [0.717, 1.165) is 25.7 Å². The molecule has 23 heavy (non-hydrogen) atoms. The van der Waals surface area contributed by atoms with Crippen LogP contribution in [-0.4, -0.2) is 69.9 Å². The van der Waals surface area contributed by atoms with Crippen molar-refractivity contribution in [3.63, 3.8) is 0 Å². The van der Waals surface area contributed by atoms with E-state index in [0.29, 0.717) is 13.1 Å². The van der Waals surface area contributed by atoms with Gasteiger partial charge >= 0.3 is 12.1 Å². The van der Waals surface area contributed by atoms with Crippen LogP contribution >= 0.6 is 0 Å². The van der Waals surface area contributed by atoms with Crippen LogP contribution in [0.2, 0.25) is 0 Å². The van der Waals surface area contributed by atoms with Crippen LogP contribution in [0.15, 0.2) is 0 Å². The largest absolute Gasteiger partial charge is 0.333 e. The van der Waals surface area contributed by atoms with E-state index in [1.165, 1.54) is 4.90 Å². The third-order valence-corrected chi connectivity index (χ3v) is 4.61. The summed E-state index contributed by atoms with van der Waals surface area (Å²) in [5, 5.41) is 2.96. The lowest BCUT2D eigenvalue weighted by atomic mass is 10.0. The molecule has 0 bridgehead atoms. The Hall–Kier alpha value is -1.79. The Bertz CT molecular complexity index is 516. The van der Waals surface area contributed by atoms with Gasteiger partial charge in [0.25, 0.3) is 5.91 Å². The van der Waals surface area contributed by atoms with Gasteiger partial charge in [-0.15, -0.1) is 0 Å². The first-order valence-corrected chi connectivity index (χ1v) is 8.46. The Labute approximate surface area is 137 Å². The van der Waals surface area contributed by atoms with Crippen molar-refractivity contribution in [2.75, 3.05) is 19.6 Å². The minimum Gasteiger partial charge on any atom is -0.333 e. The molecule has 1 saturated carbocycles. The number of amides is 5. The molecule has 128 valence electrons. The van der Waals surface area contributed by atoms with Crippen LogP contribution in [0.3, 0.4) is 0 Å². The molecular weight excluding hydrogens is 296 g/mol. The lowest BCUT2D eigenvalue weighted by molar-refractivity contribution is -0.125. The van der Waals surface area contributed by atoms with Gasteiger partial charge in [-0.2, -0.15) is 0 Å². The zero-order valence-electron chi connectivity index (χ0n) is 14.2. The Morgan fingerprint density at radius 2 is 1.65 bits per heavy atom. The predicted octanol–water partition coefficient (Wildman–Crippen LogP) is 1.39. The third kappa shape index (κ3) is 3.43. The maximum atomic E-state index is 12.4. The number of carbonyl (C=O) groups is 3. The first-order valence-electron chi connectivity index (χ1n) is 8.46. The van der Waals surface area contributed by atoms with Crippen LogP contribution in [0.4, 0.5) is 9.59 Å². The van der Waals surface area contributed by atoms with E-state index in [2.05, 4.69) is 5.32 Å². The minimum absolute atomic E-state index is 0.0561. The number of nitrogens with one attached hydrogen (secondary N) is 1. The first kappa shape index (κ1) is 16.1. The average molecular weight is 322 g/mol. The molecule has 3 fully saturated rings. The molecule has 5 amide bonds. The molecule has 1 N–H and O–H groups in total. The quantitative estimate of drug-likeness (QED) is 0.781. The van der Waals surface area contributed by atoms with Crippen LogP contribution in [0, 0.1) is 0 Å². The molecule has 2 aliphatic heterocycles. The van der Waals surface area contributed by atoms with Crippen molar-refractivity contribution in [1.29, 1.82) is 0 Å². The van der Waals surface area contributed by atoms with Gasteiger partial charge in [0.15, 0.2) is 0 Å². The van der Waals surface area contributed by atoms with Crippen LogP contribution in [-0.2, 0) is 4.79 Å². The zero-order chi connectivity index (χ0) is 16.8. The highest BCUT2D eigenvalue weighted by molar-refractivity contribution is 6.02. The second kappa shape index (κ2) is 5.69. The summed E-state index contributed by atoms with van der Waals surface area (Å²) >= 11 is 0. The smallest absolute Gasteiger partial charge is 0.327 e. The number of hydrogen-bond donors (Lipinski definition) is 1. The van der Waals surface area contributed by atoms with Gasteiger partial charge in [-0.1, -0.05) is 0 Å². The number of urea groups is 2. The molecule has 0 aromatic heterocycles. The van der Waals surface area contributed by atoms with E-state index in [4.69, 9.17) is 0 Å². The maximum Gasteiger partial charge on any atom is 0.327 e. The molecule has 2 heterocycles. The van der Waals surface area contributed by atoms with Crippen LogP contribution in [0.25, 0.3) is 0 Å². The fourth-order valence-electron chi connectivity index (χ4n) is 3.29. The van der Waals surface area contributed by atoms with Crippen molar-refractivity contribution in [2.45, 2.75) is 64.1 Å². The average Bonchev–Trinajstić information content (AvgIpc) is 3.23. The highest BCUT2D eigenvalue weighted by atomic mass is 16.2. The number of imide groups is 1. The van der Waals surface area contributed by atoms with Crippen LogP contribution in [0.5, 0.6) is 0 Å². The molecule has 3 aliphatic rings. The molecular formula is C16H26N4O3. The molecule has 0 unspecified atom stereocenters. The van der Waals surface area contributed by atoms with E-state index in [1.807, 2.05) is 20.8 Å². The fourth-order valence-corrected chi connectivity index (χ4v) is 3.29. The molecule has 3 rings (SSSR count). The van der Waals surface area contributed by atoms with Crippen LogP contribution < -0.4 is 5.32 Å². The van der Waals surface area contributed by atoms with Gasteiger partial charge < -0.3 is 15.1 Å². The minimum atomic E-state index is -0.254. The van der Waals surface area contributed by atoms with Crippen molar-refractivity contribution in [2.24, 2.45) is 0 Å². The number of piperidine rings is 1. The summed E-state index contributed by atoms with van der Waals surface area (Å²) < 4.78 is 0. The van der Waals surface area contributed by atoms with E-state index >= 15 is 0 Å². The van der Waals surface area contributed by atoms with E-state index in [1.54, 1.807) is 9.80 Å². The summed E-state index contributed by atoms with van der Waals surface area (Å²) in [6.45, 7) is 7.31. The summed E-state index contributed by atoms with van der Waals surface area (Å²) in [6, 6.07) is 0.0148. The molecule has 0 aromatic carbocycles. The highest BCUT2D eigenvalue weighted by Gasteiger charge is 2.47. The normalized spacial score (nSPS) is 23.7. The molecule has 7 nitrogen and oxygen atoms in total. The lowest BCUT2D eigenvalue weighted by Gasteiger charge is -2.37. The third-order valence-electron chi connectivity index (χ3n) is 4.61. The Balaban J connectivity index is 1.54. The molecule has 0 atom stereocenters. The zero-order valence-corrected chi connectivity index (χ0v) is 14.2. The van der Waals surface area contributed by atoms with Gasteiger partial charge in [0.2, 0.25) is 0 Å². The molecule has 1 aliphatic carbocycles. The first-order chi connectivity index (χ1) is 10.8. The van der Waals surface area contributed by atoms with Crippen molar-refractivity contribution < 1.29 is 14.4 Å². The Kier molecular flexibility index (Phi) is 3.98. The summed E-state index contributed by atoms with van der Waals surface area (Å²) in [5.74, 6) is -0.0644. The number of carbonyl (C=O) groups excluding carboxylic acids is 3. The molecule has 0 spiro atoms. The van der Waals surface area contributed by atoms with Crippen LogP contribution in [0.1, 0.15) is 46.5 Å². The van der Waals surface area contributed by atoms with Crippen molar-refractivity contribution >= 4 is 18.0 Å². The number of nitrogens with zero attached hydrogens (tertiary/aromatic N) is 3. The van der Waals surface area contributed by atoms with Crippen molar-refractivity contribution in [3.8, 4) is 0 Å². The number of hydrogen-bond acceptors (Lipinski definition) is 3. The second-order valence-electron chi connectivity index (χ2n) is 7.80. The number of likely N-dealkylation sites (tertiary alicyclic amines) is 1. The Morgan fingerprint density at radius 3 is 2.17 bits per heavy atom. The van der Waals surface area contributed by atoms with E-state index in [-0.39, 0.29) is 42.1 Å². The van der Waals surface area contributed by atoms with Gasteiger partial charge in [-0.3, -0.25) is 9.69 Å². The highest BCUT2D eigenvalue weighted by Crippen LogP contribution is 2.32. The summed E-state index contributed by atoms with van der Waals surface area (Å²) in [5.41, 5.74) is -0.254. The predicted molar refractivity (Wildman–Crippen MR) is 84.8 cm³/mol. The lowest BCUT2D eigenvalue weighted by Crippen LogP contribution is -2.53.